The van der Waals surface area contributed by atoms with E-state index in [1.165, 1.54) is 11.1 Å². The molecule has 0 radical (unpaired) electrons. The average Bonchev–Trinajstić information content (AvgIpc) is 3.24. The van der Waals surface area contributed by atoms with Gasteiger partial charge in [-0.25, -0.2) is 9.67 Å². The largest absolute Gasteiger partial charge is 0.294 e. The number of rotatable bonds is 3. The Balaban J connectivity index is 1.78. The van der Waals surface area contributed by atoms with Gasteiger partial charge in [0.1, 0.15) is 5.82 Å². The lowest BCUT2D eigenvalue weighted by Crippen LogP contribution is -2.28. The topological polar surface area (TPSA) is 51.0 Å². The number of hydrogen-bond acceptors (Lipinski definition) is 3. The Morgan fingerprint density at radius 2 is 2.00 bits per heavy atom. The van der Waals surface area contributed by atoms with E-state index in [1.807, 2.05) is 22.9 Å². The second-order valence-electron chi connectivity index (χ2n) is 6.88. The number of carbonyl (C=O) groups excluding carboxylic acids is 1. The summed E-state index contributed by atoms with van der Waals surface area (Å²) in [6.07, 6.45) is 4.61. The lowest BCUT2D eigenvalue weighted by Gasteiger charge is -2.15. The van der Waals surface area contributed by atoms with Crippen molar-refractivity contribution in [1.29, 1.82) is 0 Å². The molecule has 0 atom stereocenters. The maximum atomic E-state index is 13.1. The summed E-state index contributed by atoms with van der Waals surface area (Å²) < 4.78 is 1.97. The Hall–Kier alpha value is -2.95. The van der Waals surface area contributed by atoms with Gasteiger partial charge in [-0.3, -0.25) is 9.69 Å². The SMILES string of the molecule is Cc1ccc(-n2nc(C(=O)N(C)c3ccccn3)c3c2CCC3)c(C)c1. The van der Waals surface area contributed by atoms with E-state index in [9.17, 15) is 4.79 Å². The van der Waals surface area contributed by atoms with Gasteiger partial charge < -0.3 is 0 Å². The summed E-state index contributed by atoms with van der Waals surface area (Å²) in [4.78, 5) is 19.0. The van der Waals surface area contributed by atoms with Gasteiger partial charge >= 0.3 is 0 Å². The molecule has 1 aromatic carbocycles. The predicted octanol–water partition coefficient (Wildman–Crippen LogP) is 3.65. The Kier molecular flexibility index (Phi) is 4.07. The molecule has 0 N–H and O–H groups in total. The third-order valence-electron chi connectivity index (χ3n) is 5.01. The van der Waals surface area contributed by atoms with Gasteiger partial charge in [0.2, 0.25) is 0 Å². The number of aryl methyl sites for hydroxylation is 2. The Morgan fingerprint density at radius 3 is 2.73 bits per heavy atom. The number of aromatic nitrogens is 3. The monoisotopic (exact) mass is 346 g/mol. The predicted molar refractivity (Wildman–Crippen MR) is 102 cm³/mol. The van der Waals surface area contributed by atoms with Gasteiger partial charge in [0.05, 0.1) is 5.69 Å². The normalized spacial score (nSPS) is 12.9. The number of amides is 1. The zero-order valence-corrected chi connectivity index (χ0v) is 15.4. The summed E-state index contributed by atoms with van der Waals surface area (Å²) in [6, 6.07) is 11.9. The zero-order chi connectivity index (χ0) is 18.3. The number of carbonyl (C=O) groups is 1. The van der Waals surface area contributed by atoms with Crippen LogP contribution in [0.25, 0.3) is 5.69 Å². The highest BCUT2D eigenvalue weighted by atomic mass is 16.2. The summed E-state index contributed by atoms with van der Waals surface area (Å²) in [5.74, 6) is 0.524. The number of anilines is 1. The molecule has 0 unspecified atom stereocenters. The quantitative estimate of drug-likeness (QED) is 0.727. The molecular formula is C21H22N4O. The molecule has 2 heterocycles. The number of pyridine rings is 1. The molecule has 0 saturated heterocycles. The third-order valence-corrected chi connectivity index (χ3v) is 5.01. The molecule has 0 saturated carbocycles. The summed E-state index contributed by atoms with van der Waals surface area (Å²) in [6.45, 7) is 4.17. The molecule has 4 rings (SSSR count). The van der Waals surface area contributed by atoms with E-state index in [-0.39, 0.29) is 5.91 Å². The Bertz CT molecular complexity index is 975. The van der Waals surface area contributed by atoms with E-state index in [0.29, 0.717) is 11.5 Å². The molecule has 26 heavy (non-hydrogen) atoms. The molecule has 0 aliphatic heterocycles. The smallest absolute Gasteiger partial charge is 0.279 e. The number of benzene rings is 1. The van der Waals surface area contributed by atoms with Gasteiger partial charge in [0.25, 0.3) is 5.91 Å². The summed E-state index contributed by atoms with van der Waals surface area (Å²) in [5.41, 5.74) is 6.23. The number of hydrogen-bond donors (Lipinski definition) is 0. The Morgan fingerprint density at radius 1 is 1.15 bits per heavy atom. The zero-order valence-electron chi connectivity index (χ0n) is 15.4. The molecule has 1 amide bonds. The van der Waals surface area contributed by atoms with Crippen molar-refractivity contribution in [3.05, 3.63) is 70.7 Å². The van der Waals surface area contributed by atoms with E-state index in [1.54, 1.807) is 18.1 Å². The van der Waals surface area contributed by atoms with Gasteiger partial charge in [-0.15, -0.1) is 0 Å². The van der Waals surface area contributed by atoms with E-state index in [0.717, 1.165) is 36.2 Å². The van der Waals surface area contributed by atoms with Gasteiger partial charge in [0, 0.05) is 24.5 Å². The van der Waals surface area contributed by atoms with Gasteiger partial charge in [0.15, 0.2) is 5.69 Å². The minimum atomic E-state index is -0.106. The first-order chi connectivity index (χ1) is 12.6. The lowest BCUT2D eigenvalue weighted by molar-refractivity contribution is 0.0986. The minimum absolute atomic E-state index is 0.106. The van der Waals surface area contributed by atoms with Crippen molar-refractivity contribution < 1.29 is 4.79 Å². The molecule has 3 aromatic rings. The first-order valence-electron chi connectivity index (χ1n) is 8.93. The molecule has 1 aliphatic rings. The van der Waals surface area contributed by atoms with Crippen molar-refractivity contribution >= 4 is 11.7 Å². The van der Waals surface area contributed by atoms with Crippen LogP contribution in [0, 0.1) is 13.8 Å². The summed E-state index contributed by atoms with van der Waals surface area (Å²) in [7, 11) is 1.75. The van der Waals surface area contributed by atoms with Gasteiger partial charge in [-0.1, -0.05) is 23.8 Å². The molecule has 5 nitrogen and oxygen atoms in total. The Labute approximate surface area is 153 Å². The van der Waals surface area contributed by atoms with Crippen LogP contribution in [0.4, 0.5) is 5.82 Å². The fraction of sp³-hybridized carbons (Fsp3) is 0.286. The van der Waals surface area contributed by atoms with E-state index in [2.05, 4.69) is 37.0 Å². The second-order valence-corrected chi connectivity index (χ2v) is 6.88. The van der Waals surface area contributed by atoms with Crippen LogP contribution >= 0.6 is 0 Å². The molecule has 0 fully saturated rings. The summed E-state index contributed by atoms with van der Waals surface area (Å²) in [5, 5.41) is 4.74. The van der Waals surface area contributed by atoms with Crippen LogP contribution in [0.3, 0.4) is 0 Å². The minimum Gasteiger partial charge on any atom is -0.294 e. The van der Waals surface area contributed by atoms with Crippen molar-refractivity contribution in [2.45, 2.75) is 33.1 Å². The van der Waals surface area contributed by atoms with Crippen LogP contribution < -0.4 is 4.90 Å². The first-order valence-corrected chi connectivity index (χ1v) is 8.93. The molecule has 0 spiro atoms. The molecule has 5 heteroatoms. The average molecular weight is 346 g/mol. The number of fused-ring (bicyclic) bond motifs is 1. The fourth-order valence-corrected chi connectivity index (χ4v) is 3.67. The molecule has 2 aromatic heterocycles. The molecule has 1 aliphatic carbocycles. The summed E-state index contributed by atoms with van der Waals surface area (Å²) >= 11 is 0. The van der Waals surface area contributed by atoms with Crippen LogP contribution in [0.2, 0.25) is 0 Å². The van der Waals surface area contributed by atoms with Crippen LogP contribution in [0.5, 0.6) is 0 Å². The van der Waals surface area contributed by atoms with Crippen LogP contribution in [0.1, 0.15) is 39.3 Å². The van der Waals surface area contributed by atoms with Crippen LogP contribution in [0.15, 0.2) is 42.6 Å². The maximum Gasteiger partial charge on any atom is 0.279 e. The molecular weight excluding hydrogens is 324 g/mol. The van der Waals surface area contributed by atoms with Gasteiger partial charge in [-0.05, 0) is 56.9 Å². The molecule has 132 valence electrons. The highest BCUT2D eigenvalue weighted by molar-refractivity contribution is 6.05. The lowest BCUT2D eigenvalue weighted by atomic mass is 10.1. The first kappa shape index (κ1) is 16.5. The molecule has 0 bridgehead atoms. The van der Waals surface area contributed by atoms with Gasteiger partial charge in [-0.2, -0.15) is 5.10 Å². The highest BCUT2D eigenvalue weighted by Gasteiger charge is 2.29. The van der Waals surface area contributed by atoms with E-state index >= 15 is 0 Å². The fourth-order valence-electron chi connectivity index (χ4n) is 3.67. The van der Waals surface area contributed by atoms with Crippen molar-refractivity contribution in [2.75, 3.05) is 11.9 Å². The van der Waals surface area contributed by atoms with E-state index in [4.69, 9.17) is 5.10 Å². The van der Waals surface area contributed by atoms with Crippen molar-refractivity contribution in [1.82, 2.24) is 14.8 Å². The van der Waals surface area contributed by atoms with Crippen molar-refractivity contribution in [2.24, 2.45) is 0 Å². The highest BCUT2D eigenvalue weighted by Crippen LogP contribution is 2.30. The standard InChI is InChI=1S/C21H22N4O/c1-14-10-11-17(15(2)13-14)25-18-8-6-7-16(18)20(23-25)21(26)24(3)19-9-4-5-12-22-19/h4-5,9-13H,6-8H2,1-3H3. The van der Waals surface area contributed by atoms with Crippen LogP contribution in [-0.4, -0.2) is 27.7 Å². The van der Waals surface area contributed by atoms with Crippen LogP contribution in [-0.2, 0) is 12.8 Å². The van der Waals surface area contributed by atoms with Crippen molar-refractivity contribution in [3.8, 4) is 5.69 Å². The number of nitrogens with zero attached hydrogens (tertiary/aromatic N) is 4. The van der Waals surface area contributed by atoms with E-state index < -0.39 is 0 Å². The third kappa shape index (κ3) is 2.69. The second kappa shape index (κ2) is 6.41. The maximum absolute atomic E-state index is 13.1. The van der Waals surface area contributed by atoms with Crippen molar-refractivity contribution in [3.63, 3.8) is 0 Å².